The third-order valence-electron chi connectivity index (χ3n) is 6.00. The Bertz CT molecular complexity index is 1060. The molecule has 1 fully saturated rings. The number of hydrogen-bond acceptors (Lipinski definition) is 5. The Labute approximate surface area is 195 Å². The van der Waals surface area contributed by atoms with E-state index < -0.39 is 0 Å². The van der Waals surface area contributed by atoms with Crippen LogP contribution in [0.15, 0.2) is 36.0 Å². The molecular weight excluding hydrogens is 418 g/mol. The number of pyridine rings is 1. The van der Waals surface area contributed by atoms with Gasteiger partial charge in [-0.2, -0.15) is 5.26 Å². The molecule has 33 heavy (non-hydrogen) atoms. The number of hydrogen-bond donors (Lipinski definition) is 0. The van der Waals surface area contributed by atoms with Crippen LogP contribution in [0, 0.1) is 25.2 Å². The number of carbonyl (C=O) groups excluding carboxylic acids is 2. The first-order chi connectivity index (χ1) is 15.8. The molecule has 0 spiro atoms. The van der Waals surface area contributed by atoms with E-state index in [-0.39, 0.29) is 29.9 Å². The van der Waals surface area contributed by atoms with Crippen LogP contribution in [0.4, 0.5) is 0 Å². The largest absolute Gasteiger partial charge is 0.383 e. The van der Waals surface area contributed by atoms with Gasteiger partial charge in [-0.15, -0.1) is 0 Å². The van der Waals surface area contributed by atoms with Gasteiger partial charge in [0.2, 0.25) is 5.91 Å². The minimum atomic E-state index is -0.302. The molecule has 1 unspecified atom stereocenters. The summed E-state index contributed by atoms with van der Waals surface area (Å²) in [5.74, 6) is -0.307. The van der Waals surface area contributed by atoms with Gasteiger partial charge in [-0.25, -0.2) is 0 Å². The van der Waals surface area contributed by atoms with Crippen molar-refractivity contribution in [1.29, 1.82) is 5.26 Å². The Hall–Kier alpha value is -3.44. The van der Waals surface area contributed by atoms with Crippen LogP contribution < -0.4 is 0 Å². The maximum Gasteiger partial charge on any atom is 0.264 e. The van der Waals surface area contributed by atoms with Crippen molar-refractivity contribution in [2.45, 2.75) is 33.2 Å². The lowest BCUT2D eigenvalue weighted by molar-refractivity contribution is -0.137. The first-order valence-electron chi connectivity index (χ1n) is 11.1. The van der Waals surface area contributed by atoms with Gasteiger partial charge in [0.05, 0.1) is 19.1 Å². The third kappa shape index (κ3) is 5.68. The van der Waals surface area contributed by atoms with Crippen LogP contribution in [-0.2, 0) is 20.7 Å². The summed E-state index contributed by atoms with van der Waals surface area (Å²) in [5, 5.41) is 9.69. The fourth-order valence-corrected chi connectivity index (χ4v) is 4.34. The smallest absolute Gasteiger partial charge is 0.264 e. The van der Waals surface area contributed by atoms with Crippen LogP contribution in [0.5, 0.6) is 0 Å². The van der Waals surface area contributed by atoms with Crippen LogP contribution >= 0.6 is 0 Å². The zero-order valence-corrected chi connectivity index (χ0v) is 19.7. The number of amides is 2. The van der Waals surface area contributed by atoms with Crippen molar-refractivity contribution in [3.8, 4) is 6.07 Å². The third-order valence-corrected chi connectivity index (χ3v) is 6.00. The summed E-state index contributed by atoms with van der Waals surface area (Å²) in [4.78, 5) is 33.2. The highest BCUT2D eigenvalue weighted by Crippen LogP contribution is 2.23. The van der Waals surface area contributed by atoms with E-state index in [2.05, 4.69) is 22.5 Å². The van der Waals surface area contributed by atoms with Crippen molar-refractivity contribution in [2.24, 2.45) is 0 Å². The predicted molar refractivity (Wildman–Crippen MR) is 125 cm³/mol. The molecule has 0 aromatic carbocycles. The molecule has 0 bridgehead atoms. The fraction of sp³-hybridized carbons (Fsp3) is 0.440. The van der Waals surface area contributed by atoms with Crippen LogP contribution in [0.2, 0.25) is 0 Å². The quantitative estimate of drug-likeness (QED) is 0.479. The molecule has 1 saturated heterocycles. The van der Waals surface area contributed by atoms with Crippen molar-refractivity contribution in [3.63, 3.8) is 0 Å². The molecule has 174 valence electrons. The molecule has 8 nitrogen and oxygen atoms in total. The first-order valence-corrected chi connectivity index (χ1v) is 11.1. The zero-order valence-electron chi connectivity index (χ0n) is 19.7. The molecule has 3 rings (SSSR count). The van der Waals surface area contributed by atoms with E-state index in [0.29, 0.717) is 32.8 Å². The first kappa shape index (κ1) is 24.2. The van der Waals surface area contributed by atoms with Gasteiger partial charge in [-0.3, -0.25) is 14.6 Å². The van der Waals surface area contributed by atoms with Gasteiger partial charge >= 0.3 is 0 Å². The minimum Gasteiger partial charge on any atom is -0.383 e. The summed E-state index contributed by atoms with van der Waals surface area (Å²) in [6.07, 6.45) is 3.58. The van der Waals surface area contributed by atoms with Gasteiger partial charge in [0.1, 0.15) is 11.6 Å². The highest BCUT2D eigenvalue weighted by Gasteiger charge is 2.26. The standard InChI is InChI=1S/C25H31N5O3/c1-18-13-21(20(3)30(18)19(2)17-33-4)14-22(16-26)25(32)29-11-9-28(10-12-29)24(31)15-23-7-5-6-8-27-23/h5-8,13-14,19H,9-12,15,17H2,1-4H3/b22-14+. The van der Waals surface area contributed by atoms with Crippen LogP contribution in [0.25, 0.3) is 6.08 Å². The van der Waals surface area contributed by atoms with Gasteiger partial charge < -0.3 is 19.1 Å². The maximum absolute atomic E-state index is 13.0. The topological polar surface area (TPSA) is 91.5 Å². The van der Waals surface area contributed by atoms with Crippen LogP contribution in [0.3, 0.4) is 0 Å². The van der Waals surface area contributed by atoms with Gasteiger partial charge in [-0.05, 0) is 50.6 Å². The van der Waals surface area contributed by atoms with Crippen molar-refractivity contribution in [3.05, 3.63) is 58.7 Å². The Morgan fingerprint density at radius 1 is 1.21 bits per heavy atom. The average Bonchev–Trinajstić information content (AvgIpc) is 3.10. The van der Waals surface area contributed by atoms with Gasteiger partial charge in [0.15, 0.2) is 0 Å². The Balaban J connectivity index is 1.66. The molecular formula is C25H31N5O3. The van der Waals surface area contributed by atoms with Crippen molar-refractivity contribution < 1.29 is 14.3 Å². The summed E-state index contributed by atoms with van der Waals surface area (Å²) in [7, 11) is 1.67. The lowest BCUT2D eigenvalue weighted by Crippen LogP contribution is -2.51. The number of nitriles is 1. The average molecular weight is 450 g/mol. The highest BCUT2D eigenvalue weighted by molar-refractivity contribution is 6.02. The molecule has 1 atom stereocenters. The number of nitrogens with zero attached hydrogens (tertiary/aromatic N) is 5. The predicted octanol–water partition coefficient (Wildman–Crippen LogP) is 2.53. The number of rotatable bonds is 7. The molecule has 0 N–H and O–H groups in total. The molecule has 0 radical (unpaired) electrons. The molecule has 0 saturated carbocycles. The van der Waals surface area contributed by atoms with Crippen LogP contribution in [0.1, 0.15) is 35.6 Å². The van der Waals surface area contributed by atoms with Gasteiger partial charge in [0.25, 0.3) is 5.91 Å². The minimum absolute atomic E-state index is 0.00512. The number of aromatic nitrogens is 2. The van der Waals surface area contributed by atoms with E-state index in [1.165, 1.54) is 0 Å². The van der Waals surface area contributed by atoms with Gasteiger partial charge in [-0.1, -0.05) is 6.07 Å². The molecule has 8 heteroatoms. The van der Waals surface area contributed by atoms with Crippen molar-refractivity contribution in [2.75, 3.05) is 39.9 Å². The van der Waals surface area contributed by atoms with Crippen molar-refractivity contribution >= 4 is 17.9 Å². The maximum atomic E-state index is 13.0. The number of aryl methyl sites for hydroxylation is 1. The second-order valence-corrected chi connectivity index (χ2v) is 8.34. The summed E-state index contributed by atoms with van der Waals surface area (Å²) < 4.78 is 7.43. The number of carbonyl (C=O) groups is 2. The molecule has 2 aromatic heterocycles. The number of piperazine rings is 1. The summed E-state index contributed by atoms with van der Waals surface area (Å²) in [6, 6.07) is 9.71. The van der Waals surface area contributed by atoms with Crippen molar-refractivity contribution in [1.82, 2.24) is 19.4 Å². The lowest BCUT2D eigenvalue weighted by Gasteiger charge is -2.34. The van der Waals surface area contributed by atoms with E-state index in [9.17, 15) is 14.9 Å². The van der Waals surface area contributed by atoms with E-state index >= 15 is 0 Å². The van der Waals surface area contributed by atoms with E-state index in [4.69, 9.17) is 4.74 Å². The lowest BCUT2D eigenvalue weighted by atomic mass is 10.1. The summed E-state index contributed by atoms with van der Waals surface area (Å²) in [5.41, 5.74) is 3.72. The Kier molecular flexibility index (Phi) is 8.01. The normalized spacial score (nSPS) is 15.3. The molecule has 1 aliphatic rings. The fourth-order valence-electron chi connectivity index (χ4n) is 4.34. The van der Waals surface area contributed by atoms with E-state index in [1.807, 2.05) is 38.1 Å². The highest BCUT2D eigenvalue weighted by atomic mass is 16.5. The molecule has 2 aromatic rings. The molecule has 3 heterocycles. The summed E-state index contributed by atoms with van der Waals surface area (Å²) in [6.45, 7) is 8.32. The number of methoxy groups -OCH3 is 1. The monoisotopic (exact) mass is 449 g/mol. The van der Waals surface area contributed by atoms with Gasteiger partial charge in [0, 0.05) is 56.6 Å². The number of ether oxygens (including phenoxy) is 1. The molecule has 1 aliphatic heterocycles. The molecule has 0 aliphatic carbocycles. The molecule has 2 amide bonds. The van der Waals surface area contributed by atoms with E-state index in [0.717, 1.165) is 22.6 Å². The van der Waals surface area contributed by atoms with E-state index in [1.54, 1.807) is 29.2 Å². The Morgan fingerprint density at radius 2 is 1.91 bits per heavy atom. The Morgan fingerprint density at radius 3 is 2.52 bits per heavy atom. The second kappa shape index (κ2) is 10.9. The SMILES string of the molecule is COCC(C)n1c(C)cc(/C=C(\C#N)C(=O)N2CCN(C(=O)Cc3ccccn3)CC2)c1C. The summed E-state index contributed by atoms with van der Waals surface area (Å²) >= 11 is 0. The van der Waals surface area contributed by atoms with Crippen LogP contribution in [-0.4, -0.2) is 71.1 Å². The zero-order chi connectivity index (χ0) is 24.0. The second-order valence-electron chi connectivity index (χ2n) is 8.34.